The molecule has 4 heterocycles. The summed E-state index contributed by atoms with van der Waals surface area (Å²) in [5.74, 6) is 1.74. The molecule has 4 aromatic heterocycles. The van der Waals surface area contributed by atoms with E-state index in [1.807, 2.05) is 71.3 Å². The minimum Gasteiger partial charge on any atom is -0.292 e. The molecule has 0 aliphatic rings. The molecule has 2 aromatic carbocycles. The number of hydrogen-bond donors (Lipinski definition) is 0. The highest BCUT2D eigenvalue weighted by Crippen LogP contribution is 2.27. The Labute approximate surface area is 207 Å². The Hall–Kier alpha value is -4.59. The van der Waals surface area contributed by atoms with E-state index in [1.54, 1.807) is 22.4 Å². The third-order valence-corrected chi connectivity index (χ3v) is 6.58. The summed E-state index contributed by atoms with van der Waals surface area (Å²) in [7, 11) is 1.76. The molecule has 0 saturated carbocycles. The number of aryl methyl sites for hydroxylation is 1. The Balaban J connectivity index is 1.39. The lowest BCUT2D eigenvalue weighted by Gasteiger charge is -2.11. The lowest BCUT2D eigenvalue weighted by atomic mass is 9.97. The Morgan fingerprint density at radius 3 is 2.50 bits per heavy atom. The lowest BCUT2D eigenvalue weighted by molar-refractivity contribution is 0.731. The van der Waals surface area contributed by atoms with E-state index in [-0.39, 0.29) is 5.69 Å². The molecule has 0 aliphatic heterocycles. The van der Waals surface area contributed by atoms with Crippen LogP contribution >= 0.6 is 0 Å². The fourth-order valence-electron chi connectivity index (χ4n) is 4.63. The minimum atomic E-state index is -0.124. The van der Waals surface area contributed by atoms with Gasteiger partial charge in [0.1, 0.15) is 5.52 Å². The molecule has 36 heavy (non-hydrogen) atoms. The van der Waals surface area contributed by atoms with Gasteiger partial charge in [0.15, 0.2) is 22.9 Å². The van der Waals surface area contributed by atoms with E-state index in [9.17, 15) is 4.79 Å². The molecule has 6 aromatic rings. The van der Waals surface area contributed by atoms with Crippen LogP contribution in [0.4, 0.5) is 0 Å². The van der Waals surface area contributed by atoms with E-state index >= 15 is 0 Å². The summed E-state index contributed by atoms with van der Waals surface area (Å²) in [4.78, 5) is 22.6. The van der Waals surface area contributed by atoms with Gasteiger partial charge in [0.05, 0.1) is 12.7 Å². The molecule has 178 valence electrons. The Kier molecular flexibility index (Phi) is 5.21. The van der Waals surface area contributed by atoms with Gasteiger partial charge in [-0.25, -0.2) is 14.8 Å². The zero-order chi connectivity index (χ0) is 24.8. The van der Waals surface area contributed by atoms with Crippen LogP contribution in [0.15, 0.2) is 83.9 Å². The molecule has 8 nitrogen and oxygen atoms in total. The molecule has 8 heteroatoms. The van der Waals surface area contributed by atoms with Gasteiger partial charge in [0.25, 0.3) is 0 Å². The maximum absolute atomic E-state index is 13.2. The molecule has 0 amide bonds. The maximum Gasteiger partial charge on any atom is 0.330 e. The van der Waals surface area contributed by atoms with E-state index in [4.69, 9.17) is 4.98 Å². The van der Waals surface area contributed by atoms with Crippen molar-refractivity contribution < 1.29 is 0 Å². The monoisotopic (exact) mass is 475 g/mol. The third kappa shape index (κ3) is 3.58. The molecule has 0 atom stereocenters. The molecule has 0 radical (unpaired) electrons. The second-order valence-corrected chi connectivity index (χ2v) is 9.22. The zero-order valence-electron chi connectivity index (χ0n) is 20.3. The van der Waals surface area contributed by atoms with Gasteiger partial charge in [-0.2, -0.15) is 0 Å². The Bertz CT molecular complexity index is 1770. The number of aromatic nitrogens is 7. The van der Waals surface area contributed by atoms with Crippen LogP contribution in [0.2, 0.25) is 0 Å². The molecular weight excluding hydrogens is 450 g/mol. The molecule has 0 aliphatic carbocycles. The van der Waals surface area contributed by atoms with Crippen LogP contribution in [-0.2, 0) is 13.6 Å². The quantitative estimate of drug-likeness (QED) is 0.362. The van der Waals surface area contributed by atoms with Gasteiger partial charge >= 0.3 is 5.69 Å². The third-order valence-electron chi connectivity index (χ3n) is 6.58. The van der Waals surface area contributed by atoms with E-state index in [0.717, 1.165) is 28.2 Å². The van der Waals surface area contributed by atoms with Gasteiger partial charge in [-0.3, -0.25) is 13.5 Å². The second-order valence-electron chi connectivity index (χ2n) is 9.22. The number of fused-ring (bicyclic) bond motifs is 2. The first-order valence-electron chi connectivity index (χ1n) is 11.9. The molecule has 0 unspecified atom stereocenters. The zero-order valence-corrected chi connectivity index (χ0v) is 20.3. The van der Waals surface area contributed by atoms with Gasteiger partial charge in [-0.05, 0) is 29.2 Å². The van der Waals surface area contributed by atoms with Crippen molar-refractivity contribution in [1.82, 2.24) is 33.7 Å². The summed E-state index contributed by atoms with van der Waals surface area (Å²) < 4.78 is 5.27. The molecule has 0 spiro atoms. The SMILES string of the molecule is CC(C)c1ccccc1-c1ncc2c(n1)n(Cc1ccc(-c3nnc4ccccn34)cc1)c(=O)n2C. The summed E-state index contributed by atoms with van der Waals surface area (Å²) in [6.45, 7) is 4.71. The second kappa shape index (κ2) is 8.57. The lowest BCUT2D eigenvalue weighted by Crippen LogP contribution is -2.22. The summed E-state index contributed by atoms with van der Waals surface area (Å²) in [6.07, 6.45) is 3.69. The van der Waals surface area contributed by atoms with Crippen molar-refractivity contribution in [2.24, 2.45) is 7.05 Å². The van der Waals surface area contributed by atoms with Crippen LogP contribution in [0.5, 0.6) is 0 Å². The van der Waals surface area contributed by atoms with E-state index in [0.29, 0.717) is 29.5 Å². The molecule has 6 rings (SSSR count). The number of imidazole rings is 1. The van der Waals surface area contributed by atoms with Crippen LogP contribution in [0.1, 0.15) is 30.9 Å². The molecule has 0 fully saturated rings. The smallest absolute Gasteiger partial charge is 0.292 e. The normalized spacial score (nSPS) is 11.7. The highest BCUT2D eigenvalue weighted by atomic mass is 16.1. The summed E-state index contributed by atoms with van der Waals surface area (Å²) in [5, 5.41) is 8.57. The van der Waals surface area contributed by atoms with Crippen LogP contribution in [-0.4, -0.2) is 33.7 Å². The van der Waals surface area contributed by atoms with Crippen molar-refractivity contribution in [3.8, 4) is 22.8 Å². The predicted octanol–water partition coefficient (Wildman–Crippen LogP) is 4.68. The first-order chi connectivity index (χ1) is 17.5. The van der Waals surface area contributed by atoms with Crippen molar-refractivity contribution in [2.75, 3.05) is 0 Å². The molecular formula is C28H25N7O. The van der Waals surface area contributed by atoms with Crippen molar-refractivity contribution >= 4 is 16.8 Å². The van der Waals surface area contributed by atoms with Crippen molar-refractivity contribution in [1.29, 1.82) is 0 Å². The van der Waals surface area contributed by atoms with E-state index in [1.165, 1.54) is 5.56 Å². The fraction of sp³-hybridized carbons (Fsp3) is 0.179. The van der Waals surface area contributed by atoms with Crippen molar-refractivity contribution in [3.63, 3.8) is 0 Å². The molecule has 0 bridgehead atoms. The van der Waals surface area contributed by atoms with Gasteiger partial charge in [0.2, 0.25) is 0 Å². The van der Waals surface area contributed by atoms with Crippen LogP contribution < -0.4 is 5.69 Å². The highest BCUT2D eigenvalue weighted by molar-refractivity contribution is 5.74. The number of pyridine rings is 1. The highest BCUT2D eigenvalue weighted by Gasteiger charge is 2.17. The predicted molar refractivity (Wildman–Crippen MR) is 140 cm³/mol. The van der Waals surface area contributed by atoms with Gasteiger partial charge in [0, 0.05) is 24.4 Å². The number of hydrogen-bond acceptors (Lipinski definition) is 5. The first-order valence-corrected chi connectivity index (χ1v) is 11.9. The molecule has 0 saturated heterocycles. The van der Waals surface area contributed by atoms with Crippen molar-refractivity contribution in [2.45, 2.75) is 26.3 Å². The first kappa shape index (κ1) is 21.9. The average molecular weight is 476 g/mol. The Morgan fingerprint density at radius 1 is 0.917 bits per heavy atom. The van der Waals surface area contributed by atoms with Crippen molar-refractivity contribution in [3.05, 3.63) is 101 Å². The summed E-state index contributed by atoms with van der Waals surface area (Å²) in [6, 6.07) is 22.0. The summed E-state index contributed by atoms with van der Waals surface area (Å²) in [5.41, 5.74) is 6.12. The fourth-order valence-corrected chi connectivity index (χ4v) is 4.63. The number of nitrogens with zero attached hydrogens (tertiary/aromatic N) is 7. The standard InChI is InChI=1S/C28H25N7O/c1-18(2)21-8-4-5-9-22(21)25-29-16-23-27(30-25)35(28(36)33(23)3)17-19-11-13-20(14-12-19)26-32-31-24-10-6-7-15-34(24)26/h4-16,18H,17H2,1-3H3. The van der Waals surface area contributed by atoms with Crippen LogP contribution in [0.3, 0.4) is 0 Å². The average Bonchev–Trinajstić information content (AvgIpc) is 3.44. The summed E-state index contributed by atoms with van der Waals surface area (Å²) >= 11 is 0. The Morgan fingerprint density at radius 2 is 1.69 bits per heavy atom. The minimum absolute atomic E-state index is 0.124. The largest absolute Gasteiger partial charge is 0.330 e. The van der Waals surface area contributed by atoms with Gasteiger partial charge < -0.3 is 0 Å². The number of benzene rings is 2. The van der Waals surface area contributed by atoms with Gasteiger partial charge in [-0.1, -0.05) is 68.4 Å². The van der Waals surface area contributed by atoms with Gasteiger partial charge in [-0.15, -0.1) is 10.2 Å². The maximum atomic E-state index is 13.2. The van der Waals surface area contributed by atoms with E-state index in [2.05, 4.69) is 35.1 Å². The van der Waals surface area contributed by atoms with E-state index < -0.39 is 0 Å². The van der Waals surface area contributed by atoms with Crippen LogP contribution in [0.25, 0.3) is 39.6 Å². The molecule has 0 N–H and O–H groups in total. The van der Waals surface area contributed by atoms with Crippen LogP contribution in [0, 0.1) is 0 Å². The number of rotatable bonds is 5. The topological polar surface area (TPSA) is 82.9 Å².